The van der Waals surface area contributed by atoms with Crippen LogP contribution in [0.2, 0.25) is 0 Å². The van der Waals surface area contributed by atoms with Gasteiger partial charge >= 0.3 is 0 Å². The number of rotatable bonds is 4. The quantitative estimate of drug-likeness (QED) is 0.834. The summed E-state index contributed by atoms with van der Waals surface area (Å²) in [5.41, 5.74) is 10.1. The van der Waals surface area contributed by atoms with Gasteiger partial charge in [-0.1, -0.05) is 19.4 Å². The predicted molar refractivity (Wildman–Crippen MR) is 101 cm³/mol. The van der Waals surface area contributed by atoms with E-state index in [0.717, 1.165) is 24.6 Å². The van der Waals surface area contributed by atoms with Crippen molar-refractivity contribution < 1.29 is 4.79 Å². The maximum Gasteiger partial charge on any atom is 0.255 e. The molecule has 1 aliphatic rings. The summed E-state index contributed by atoms with van der Waals surface area (Å²) in [4.78, 5) is 14.8. The molecule has 1 atom stereocenters. The number of anilines is 3. The Balaban J connectivity index is 1.69. The van der Waals surface area contributed by atoms with Gasteiger partial charge in [-0.05, 0) is 61.2 Å². The van der Waals surface area contributed by atoms with Gasteiger partial charge in [0.1, 0.15) is 0 Å². The topological polar surface area (TPSA) is 58.4 Å². The highest BCUT2D eigenvalue weighted by atomic mass is 16.1. The number of carbonyl (C=O) groups excluding carboxylic acids is 1. The standard InChI is InChI=1S/C20H25N3O/c1-3-15-10-11-23(13-15)17-7-5-16(6-8-17)20(24)22-19-12-14(2)4-9-18(19)21/h4-9,12,15H,3,10-11,13,21H2,1-2H3,(H,22,24). The van der Waals surface area contributed by atoms with Crippen molar-refractivity contribution in [3.05, 3.63) is 53.6 Å². The molecule has 0 spiro atoms. The van der Waals surface area contributed by atoms with Gasteiger partial charge in [0.25, 0.3) is 5.91 Å². The molecule has 4 heteroatoms. The van der Waals surface area contributed by atoms with E-state index in [9.17, 15) is 4.79 Å². The number of benzene rings is 2. The number of nitrogens with one attached hydrogen (secondary N) is 1. The monoisotopic (exact) mass is 323 g/mol. The van der Waals surface area contributed by atoms with Gasteiger partial charge in [-0.2, -0.15) is 0 Å². The Kier molecular flexibility index (Phi) is 4.74. The molecule has 3 rings (SSSR count). The minimum atomic E-state index is -0.133. The van der Waals surface area contributed by atoms with E-state index in [-0.39, 0.29) is 5.91 Å². The SMILES string of the molecule is CCC1CCN(c2ccc(C(=O)Nc3cc(C)ccc3N)cc2)C1. The van der Waals surface area contributed by atoms with E-state index < -0.39 is 0 Å². The van der Waals surface area contributed by atoms with E-state index in [2.05, 4.69) is 17.1 Å². The van der Waals surface area contributed by atoms with Crippen molar-refractivity contribution in [3.8, 4) is 0 Å². The van der Waals surface area contributed by atoms with E-state index in [1.165, 1.54) is 18.5 Å². The molecule has 2 aromatic carbocycles. The maximum absolute atomic E-state index is 12.4. The lowest BCUT2D eigenvalue weighted by molar-refractivity contribution is 0.102. The summed E-state index contributed by atoms with van der Waals surface area (Å²) in [5.74, 6) is 0.656. The zero-order valence-corrected chi connectivity index (χ0v) is 14.4. The van der Waals surface area contributed by atoms with E-state index in [1.54, 1.807) is 0 Å². The number of nitrogens with zero attached hydrogens (tertiary/aromatic N) is 1. The first kappa shape index (κ1) is 16.4. The smallest absolute Gasteiger partial charge is 0.255 e. The van der Waals surface area contributed by atoms with Gasteiger partial charge < -0.3 is 16.0 Å². The summed E-state index contributed by atoms with van der Waals surface area (Å²) in [6.07, 6.45) is 2.49. The van der Waals surface area contributed by atoms with Crippen LogP contribution in [0.5, 0.6) is 0 Å². The van der Waals surface area contributed by atoms with Crippen molar-refractivity contribution in [2.75, 3.05) is 29.0 Å². The lowest BCUT2D eigenvalue weighted by Gasteiger charge is -2.19. The Morgan fingerprint density at radius 3 is 2.67 bits per heavy atom. The average Bonchev–Trinajstić information content (AvgIpc) is 3.07. The maximum atomic E-state index is 12.4. The third-order valence-corrected chi connectivity index (χ3v) is 4.81. The summed E-state index contributed by atoms with van der Waals surface area (Å²) in [6, 6.07) is 13.5. The third-order valence-electron chi connectivity index (χ3n) is 4.81. The van der Waals surface area contributed by atoms with Gasteiger partial charge in [0.05, 0.1) is 11.4 Å². The Bertz CT molecular complexity index is 724. The van der Waals surface area contributed by atoms with Crippen LogP contribution < -0.4 is 16.0 Å². The molecule has 0 radical (unpaired) electrons. The molecule has 2 aromatic rings. The summed E-state index contributed by atoms with van der Waals surface area (Å²) in [6.45, 7) is 6.44. The van der Waals surface area contributed by atoms with Crippen LogP contribution in [-0.2, 0) is 0 Å². The number of aryl methyl sites for hydroxylation is 1. The number of hydrogen-bond donors (Lipinski definition) is 2. The van der Waals surface area contributed by atoms with Crippen LogP contribution in [0.25, 0.3) is 0 Å². The predicted octanol–water partition coefficient (Wildman–Crippen LogP) is 4.07. The van der Waals surface area contributed by atoms with Gasteiger partial charge in [-0.25, -0.2) is 0 Å². The van der Waals surface area contributed by atoms with Gasteiger partial charge in [-0.3, -0.25) is 4.79 Å². The fraction of sp³-hybridized carbons (Fsp3) is 0.350. The van der Waals surface area contributed by atoms with Crippen molar-refractivity contribution in [1.82, 2.24) is 0 Å². The minimum absolute atomic E-state index is 0.133. The zero-order chi connectivity index (χ0) is 17.1. The summed E-state index contributed by atoms with van der Waals surface area (Å²) in [7, 11) is 0. The van der Waals surface area contributed by atoms with Gasteiger partial charge in [0.15, 0.2) is 0 Å². The van der Waals surface area contributed by atoms with Crippen molar-refractivity contribution in [2.45, 2.75) is 26.7 Å². The second kappa shape index (κ2) is 6.95. The fourth-order valence-electron chi connectivity index (χ4n) is 3.20. The van der Waals surface area contributed by atoms with E-state index in [4.69, 9.17) is 5.73 Å². The van der Waals surface area contributed by atoms with Crippen LogP contribution in [0.3, 0.4) is 0 Å². The first-order chi connectivity index (χ1) is 11.6. The number of nitrogens with two attached hydrogens (primary N) is 1. The highest BCUT2D eigenvalue weighted by molar-refractivity contribution is 6.05. The van der Waals surface area contributed by atoms with Crippen molar-refractivity contribution in [1.29, 1.82) is 0 Å². The summed E-state index contributed by atoms with van der Waals surface area (Å²) >= 11 is 0. The van der Waals surface area contributed by atoms with Crippen LogP contribution in [0.15, 0.2) is 42.5 Å². The second-order valence-electron chi connectivity index (χ2n) is 6.60. The zero-order valence-electron chi connectivity index (χ0n) is 14.4. The third kappa shape index (κ3) is 3.53. The van der Waals surface area contributed by atoms with Crippen molar-refractivity contribution >= 4 is 23.0 Å². The molecular formula is C20H25N3O. The lowest BCUT2D eigenvalue weighted by Crippen LogP contribution is -2.19. The summed E-state index contributed by atoms with van der Waals surface area (Å²) in [5, 5.41) is 2.89. The van der Waals surface area contributed by atoms with Gasteiger partial charge in [0, 0.05) is 24.3 Å². The molecule has 0 bridgehead atoms. The van der Waals surface area contributed by atoms with Crippen molar-refractivity contribution in [2.24, 2.45) is 5.92 Å². The molecule has 126 valence electrons. The molecule has 4 nitrogen and oxygen atoms in total. The molecule has 1 amide bonds. The molecule has 24 heavy (non-hydrogen) atoms. The van der Waals surface area contributed by atoms with Gasteiger partial charge in [-0.15, -0.1) is 0 Å². The highest BCUT2D eigenvalue weighted by Gasteiger charge is 2.21. The summed E-state index contributed by atoms with van der Waals surface area (Å²) < 4.78 is 0. The molecule has 1 unspecified atom stereocenters. The average molecular weight is 323 g/mol. The number of hydrogen-bond acceptors (Lipinski definition) is 3. The van der Waals surface area contributed by atoms with Crippen LogP contribution in [0.1, 0.15) is 35.7 Å². The minimum Gasteiger partial charge on any atom is -0.397 e. The van der Waals surface area contributed by atoms with E-state index in [0.29, 0.717) is 16.9 Å². The van der Waals surface area contributed by atoms with Crippen LogP contribution >= 0.6 is 0 Å². The molecule has 0 saturated carbocycles. The first-order valence-electron chi connectivity index (χ1n) is 8.59. The second-order valence-corrected chi connectivity index (χ2v) is 6.60. The molecule has 0 aromatic heterocycles. The number of carbonyl (C=O) groups is 1. The lowest BCUT2D eigenvalue weighted by atomic mass is 10.1. The van der Waals surface area contributed by atoms with E-state index >= 15 is 0 Å². The normalized spacial score (nSPS) is 17.1. The molecule has 1 fully saturated rings. The Morgan fingerprint density at radius 1 is 1.25 bits per heavy atom. The largest absolute Gasteiger partial charge is 0.397 e. The van der Waals surface area contributed by atoms with Gasteiger partial charge in [0.2, 0.25) is 0 Å². The van der Waals surface area contributed by atoms with Crippen LogP contribution in [-0.4, -0.2) is 19.0 Å². The molecule has 1 heterocycles. The van der Waals surface area contributed by atoms with Crippen LogP contribution in [0, 0.1) is 12.8 Å². The number of amides is 1. The number of nitrogen functional groups attached to an aromatic ring is 1. The Morgan fingerprint density at radius 2 is 2.00 bits per heavy atom. The molecule has 1 aliphatic heterocycles. The van der Waals surface area contributed by atoms with E-state index in [1.807, 2.05) is 49.4 Å². The highest BCUT2D eigenvalue weighted by Crippen LogP contribution is 2.26. The Labute approximate surface area is 143 Å². The molecular weight excluding hydrogens is 298 g/mol. The molecule has 0 aliphatic carbocycles. The van der Waals surface area contributed by atoms with Crippen molar-refractivity contribution in [3.63, 3.8) is 0 Å². The molecule has 3 N–H and O–H groups in total. The fourth-order valence-corrected chi connectivity index (χ4v) is 3.20. The Hall–Kier alpha value is -2.49. The molecule has 1 saturated heterocycles. The van der Waals surface area contributed by atoms with Crippen LogP contribution in [0.4, 0.5) is 17.1 Å². The first-order valence-corrected chi connectivity index (χ1v) is 8.59.